The second-order valence-electron chi connectivity index (χ2n) is 5.51. The molecule has 1 heterocycles. The molecule has 0 radical (unpaired) electrons. The van der Waals surface area contributed by atoms with Gasteiger partial charge in [0.25, 0.3) is 0 Å². The Kier molecular flexibility index (Phi) is 4.59. The average Bonchev–Trinajstić information content (AvgIpc) is 3.27. The van der Waals surface area contributed by atoms with Crippen molar-refractivity contribution in [1.29, 1.82) is 0 Å². The molecule has 1 aliphatic rings. The van der Waals surface area contributed by atoms with Crippen molar-refractivity contribution in [3.63, 3.8) is 0 Å². The Morgan fingerprint density at radius 1 is 1.48 bits per heavy atom. The summed E-state index contributed by atoms with van der Waals surface area (Å²) in [5, 5.41) is 11.4. The van der Waals surface area contributed by atoms with E-state index in [2.05, 4.69) is 20.1 Å². The first-order valence-corrected chi connectivity index (χ1v) is 8.55. The van der Waals surface area contributed by atoms with Gasteiger partial charge in [0.15, 0.2) is 5.16 Å². The molecule has 1 aliphatic carbocycles. The molecule has 2 aromatic rings. The lowest BCUT2D eigenvalue weighted by Gasteiger charge is -2.13. The summed E-state index contributed by atoms with van der Waals surface area (Å²) in [6.07, 6.45) is 2.25. The van der Waals surface area contributed by atoms with Crippen molar-refractivity contribution < 1.29 is 9.18 Å². The topological polar surface area (TPSA) is 59.8 Å². The van der Waals surface area contributed by atoms with Gasteiger partial charge >= 0.3 is 0 Å². The van der Waals surface area contributed by atoms with Crippen molar-refractivity contribution in [2.45, 2.75) is 43.1 Å². The summed E-state index contributed by atoms with van der Waals surface area (Å²) in [6.45, 7) is 3.72. The van der Waals surface area contributed by atoms with E-state index in [0.29, 0.717) is 11.7 Å². The second kappa shape index (κ2) is 6.49. The van der Waals surface area contributed by atoms with E-state index in [1.807, 2.05) is 6.92 Å². The van der Waals surface area contributed by atoms with Crippen LogP contribution in [0.1, 0.15) is 31.6 Å². The first-order valence-electron chi connectivity index (χ1n) is 7.30. The third-order valence-corrected chi connectivity index (χ3v) is 4.93. The fraction of sp³-hybridized carbons (Fsp3) is 0.400. The smallest absolute Gasteiger partial charge is 0.237 e. The van der Waals surface area contributed by atoms with E-state index in [9.17, 15) is 9.18 Å². The summed E-state index contributed by atoms with van der Waals surface area (Å²) in [5.74, 6) is 0.161. The SMILES string of the molecule is Cc1nnc(S[C@H](C)C(=O)Nc2ccc(F)c(Cl)c2)n1C1CC1. The van der Waals surface area contributed by atoms with Crippen LogP contribution in [0.15, 0.2) is 23.4 Å². The summed E-state index contributed by atoms with van der Waals surface area (Å²) >= 11 is 7.08. The Hall–Kier alpha value is -1.60. The van der Waals surface area contributed by atoms with Crippen LogP contribution in [-0.4, -0.2) is 25.9 Å². The minimum Gasteiger partial charge on any atom is -0.325 e. The molecule has 0 unspecified atom stereocenters. The fourth-order valence-corrected chi connectivity index (χ4v) is 3.36. The zero-order valence-corrected chi connectivity index (χ0v) is 14.3. The number of nitrogens with zero attached hydrogens (tertiary/aromatic N) is 3. The highest BCUT2D eigenvalue weighted by Crippen LogP contribution is 2.39. The summed E-state index contributed by atoms with van der Waals surface area (Å²) in [7, 11) is 0. The van der Waals surface area contributed by atoms with Crippen LogP contribution in [0.5, 0.6) is 0 Å². The molecule has 1 aromatic carbocycles. The van der Waals surface area contributed by atoms with Gasteiger partial charge in [-0.1, -0.05) is 23.4 Å². The molecule has 1 atom stereocenters. The zero-order valence-electron chi connectivity index (χ0n) is 12.7. The van der Waals surface area contributed by atoms with E-state index in [1.54, 1.807) is 6.92 Å². The van der Waals surface area contributed by atoms with Crippen LogP contribution >= 0.6 is 23.4 Å². The normalized spacial score (nSPS) is 15.5. The first-order chi connectivity index (χ1) is 11.0. The lowest BCUT2D eigenvalue weighted by molar-refractivity contribution is -0.115. The fourth-order valence-electron chi connectivity index (χ4n) is 2.21. The van der Waals surface area contributed by atoms with Gasteiger partial charge in [0.05, 0.1) is 10.3 Å². The molecule has 1 N–H and O–H groups in total. The molecule has 8 heteroatoms. The highest BCUT2D eigenvalue weighted by Gasteiger charge is 2.29. The summed E-state index contributed by atoms with van der Waals surface area (Å²) in [6, 6.07) is 4.55. The molecule has 23 heavy (non-hydrogen) atoms. The van der Waals surface area contributed by atoms with Gasteiger partial charge in [0.1, 0.15) is 11.6 Å². The standard InChI is InChI=1S/C15H16ClFN4OS/c1-8(14(22)18-10-3-6-13(17)12(16)7-10)23-15-20-19-9(2)21(15)11-4-5-11/h3,6-8,11H,4-5H2,1-2H3,(H,18,22)/t8-/m1/s1. The number of rotatable bonds is 5. The first kappa shape index (κ1) is 16.3. The van der Waals surface area contributed by atoms with Crippen molar-refractivity contribution in [1.82, 2.24) is 14.8 Å². The molecule has 1 fully saturated rings. The molecule has 122 valence electrons. The van der Waals surface area contributed by atoms with Crippen molar-refractivity contribution in [3.05, 3.63) is 34.9 Å². The van der Waals surface area contributed by atoms with Crippen LogP contribution < -0.4 is 5.32 Å². The van der Waals surface area contributed by atoms with Gasteiger partial charge in [-0.2, -0.15) is 0 Å². The molecule has 1 amide bonds. The average molecular weight is 355 g/mol. The van der Waals surface area contributed by atoms with Gasteiger partial charge in [-0.25, -0.2) is 4.39 Å². The quantitative estimate of drug-likeness (QED) is 0.829. The van der Waals surface area contributed by atoms with Gasteiger partial charge in [-0.05, 0) is 44.9 Å². The summed E-state index contributed by atoms with van der Waals surface area (Å²) < 4.78 is 15.2. The Balaban J connectivity index is 1.67. The molecule has 0 spiro atoms. The van der Waals surface area contributed by atoms with E-state index in [0.717, 1.165) is 23.8 Å². The number of aromatic nitrogens is 3. The number of hydrogen-bond acceptors (Lipinski definition) is 4. The van der Waals surface area contributed by atoms with Crippen molar-refractivity contribution in [2.24, 2.45) is 0 Å². The maximum absolute atomic E-state index is 13.1. The number of carbonyl (C=O) groups excluding carboxylic acids is 1. The molecular formula is C15H16ClFN4OS. The predicted molar refractivity (Wildman–Crippen MR) is 88.4 cm³/mol. The monoisotopic (exact) mass is 354 g/mol. The van der Waals surface area contributed by atoms with Gasteiger partial charge in [-0.15, -0.1) is 10.2 Å². The van der Waals surface area contributed by atoms with Gasteiger partial charge in [0, 0.05) is 11.7 Å². The second-order valence-corrected chi connectivity index (χ2v) is 7.22. The molecule has 5 nitrogen and oxygen atoms in total. The Morgan fingerprint density at radius 2 is 2.22 bits per heavy atom. The van der Waals surface area contributed by atoms with Crippen LogP contribution in [0.3, 0.4) is 0 Å². The number of carbonyl (C=O) groups is 1. The van der Waals surface area contributed by atoms with E-state index in [1.165, 1.54) is 30.0 Å². The molecule has 0 aliphatic heterocycles. The van der Waals surface area contributed by atoms with Crippen molar-refractivity contribution >= 4 is 35.0 Å². The highest BCUT2D eigenvalue weighted by molar-refractivity contribution is 8.00. The number of aryl methyl sites for hydroxylation is 1. The van der Waals surface area contributed by atoms with Crippen LogP contribution in [0.2, 0.25) is 5.02 Å². The number of benzene rings is 1. The molecular weight excluding hydrogens is 339 g/mol. The van der Waals surface area contributed by atoms with E-state index >= 15 is 0 Å². The lowest BCUT2D eigenvalue weighted by Crippen LogP contribution is -2.23. The molecule has 1 aromatic heterocycles. The molecule has 0 bridgehead atoms. The molecule has 0 saturated heterocycles. The molecule has 3 rings (SSSR count). The number of anilines is 1. The minimum atomic E-state index is -0.514. The third kappa shape index (κ3) is 3.67. The van der Waals surface area contributed by atoms with Crippen molar-refractivity contribution in [2.75, 3.05) is 5.32 Å². The third-order valence-electron chi connectivity index (χ3n) is 3.59. The minimum absolute atomic E-state index is 0.0211. The van der Waals surface area contributed by atoms with Gasteiger partial charge in [0.2, 0.25) is 5.91 Å². The predicted octanol–water partition coefficient (Wildman–Crippen LogP) is 3.83. The van der Waals surface area contributed by atoms with Crippen molar-refractivity contribution in [3.8, 4) is 0 Å². The number of halogens is 2. The van der Waals surface area contributed by atoms with Crippen LogP contribution in [-0.2, 0) is 4.79 Å². The Bertz CT molecular complexity index is 747. The van der Waals surface area contributed by atoms with Crippen LogP contribution in [0.25, 0.3) is 0 Å². The lowest BCUT2D eigenvalue weighted by atomic mass is 10.3. The Labute approximate surface area is 142 Å². The van der Waals surface area contributed by atoms with Crippen LogP contribution in [0.4, 0.5) is 10.1 Å². The number of amides is 1. The largest absolute Gasteiger partial charge is 0.325 e. The van der Waals surface area contributed by atoms with E-state index in [4.69, 9.17) is 11.6 Å². The maximum atomic E-state index is 13.1. The van der Waals surface area contributed by atoms with Gasteiger partial charge in [-0.3, -0.25) is 4.79 Å². The maximum Gasteiger partial charge on any atom is 0.237 e. The summed E-state index contributed by atoms with van der Waals surface area (Å²) in [5.41, 5.74) is 0.466. The number of thioether (sulfide) groups is 1. The van der Waals surface area contributed by atoms with E-state index < -0.39 is 5.82 Å². The number of hydrogen-bond donors (Lipinski definition) is 1. The highest BCUT2D eigenvalue weighted by atomic mass is 35.5. The summed E-state index contributed by atoms with van der Waals surface area (Å²) in [4.78, 5) is 12.3. The molecule has 1 saturated carbocycles. The number of nitrogens with one attached hydrogen (secondary N) is 1. The van der Waals surface area contributed by atoms with Gasteiger partial charge < -0.3 is 9.88 Å². The Morgan fingerprint density at radius 3 is 2.87 bits per heavy atom. The zero-order chi connectivity index (χ0) is 16.6. The van der Waals surface area contributed by atoms with E-state index in [-0.39, 0.29) is 16.2 Å². The van der Waals surface area contributed by atoms with Crippen LogP contribution in [0, 0.1) is 12.7 Å².